The maximum atomic E-state index is 12.1. The molecule has 0 aromatic heterocycles. The van der Waals surface area contributed by atoms with Gasteiger partial charge in [-0.25, -0.2) is 0 Å². The van der Waals surface area contributed by atoms with Gasteiger partial charge in [-0.15, -0.1) is 0 Å². The SMILES string of the molecule is COc1ccc(Oc2cccc(NC(=O)CNC(=O)c3ccc(O)cc3)c2)cc1. The highest BCUT2D eigenvalue weighted by Crippen LogP contribution is 2.25. The summed E-state index contributed by atoms with van der Waals surface area (Å²) in [6.45, 7) is -0.191. The standard InChI is InChI=1S/C22H20N2O5/c1-28-18-9-11-19(12-10-18)29-20-4-2-3-16(13-20)24-21(26)14-23-22(27)15-5-7-17(25)8-6-15/h2-13,25H,14H2,1H3,(H,23,27)(H,24,26). The maximum Gasteiger partial charge on any atom is 0.251 e. The van der Waals surface area contributed by atoms with Crippen molar-refractivity contribution in [3.05, 3.63) is 78.4 Å². The van der Waals surface area contributed by atoms with Crippen LogP contribution in [0.4, 0.5) is 5.69 Å². The number of rotatable bonds is 7. The highest BCUT2D eigenvalue weighted by molar-refractivity contribution is 5.99. The summed E-state index contributed by atoms with van der Waals surface area (Å²) in [5.74, 6) is 1.20. The van der Waals surface area contributed by atoms with Crippen molar-refractivity contribution >= 4 is 17.5 Å². The lowest BCUT2D eigenvalue weighted by Gasteiger charge is -2.10. The number of ether oxygens (including phenoxy) is 2. The van der Waals surface area contributed by atoms with E-state index in [2.05, 4.69) is 10.6 Å². The summed E-state index contributed by atoms with van der Waals surface area (Å²) in [6, 6.07) is 19.8. The Balaban J connectivity index is 1.54. The summed E-state index contributed by atoms with van der Waals surface area (Å²) >= 11 is 0. The van der Waals surface area contributed by atoms with Gasteiger partial charge >= 0.3 is 0 Å². The molecule has 0 aliphatic rings. The molecule has 148 valence electrons. The lowest BCUT2D eigenvalue weighted by Crippen LogP contribution is -2.32. The van der Waals surface area contributed by atoms with Gasteiger partial charge in [0.25, 0.3) is 5.91 Å². The molecule has 0 saturated heterocycles. The minimum atomic E-state index is -0.406. The van der Waals surface area contributed by atoms with Crippen molar-refractivity contribution in [3.8, 4) is 23.0 Å². The number of hydrogen-bond acceptors (Lipinski definition) is 5. The molecule has 29 heavy (non-hydrogen) atoms. The number of amides is 2. The van der Waals surface area contributed by atoms with Crippen LogP contribution in [-0.2, 0) is 4.79 Å². The fourth-order valence-corrected chi connectivity index (χ4v) is 2.50. The van der Waals surface area contributed by atoms with E-state index >= 15 is 0 Å². The normalized spacial score (nSPS) is 10.1. The van der Waals surface area contributed by atoms with Crippen LogP contribution in [0.5, 0.6) is 23.0 Å². The monoisotopic (exact) mass is 392 g/mol. The van der Waals surface area contributed by atoms with E-state index < -0.39 is 5.91 Å². The van der Waals surface area contributed by atoms with E-state index in [1.54, 1.807) is 55.6 Å². The first-order valence-electron chi connectivity index (χ1n) is 8.82. The van der Waals surface area contributed by atoms with Crippen LogP contribution in [0.1, 0.15) is 10.4 Å². The topological polar surface area (TPSA) is 96.9 Å². The molecule has 0 bridgehead atoms. The lowest BCUT2D eigenvalue weighted by atomic mass is 10.2. The average Bonchev–Trinajstić information content (AvgIpc) is 2.73. The van der Waals surface area contributed by atoms with Crippen molar-refractivity contribution < 1.29 is 24.2 Å². The maximum absolute atomic E-state index is 12.1. The zero-order valence-corrected chi connectivity index (χ0v) is 15.7. The van der Waals surface area contributed by atoms with Crippen molar-refractivity contribution in [2.24, 2.45) is 0 Å². The Morgan fingerprint density at radius 2 is 1.59 bits per heavy atom. The van der Waals surface area contributed by atoms with E-state index in [9.17, 15) is 14.7 Å². The molecule has 0 unspecified atom stereocenters. The van der Waals surface area contributed by atoms with Crippen molar-refractivity contribution in [1.29, 1.82) is 0 Å². The van der Waals surface area contributed by atoms with Gasteiger partial charge in [0.15, 0.2) is 0 Å². The number of carbonyl (C=O) groups excluding carboxylic acids is 2. The van der Waals surface area contributed by atoms with Crippen molar-refractivity contribution in [2.75, 3.05) is 19.0 Å². The van der Waals surface area contributed by atoms with Crippen LogP contribution in [0.2, 0.25) is 0 Å². The first kappa shape index (κ1) is 19.8. The van der Waals surface area contributed by atoms with Gasteiger partial charge in [0, 0.05) is 17.3 Å². The van der Waals surface area contributed by atoms with Gasteiger partial charge < -0.3 is 25.2 Å². The molecule has 7 heteroatoms. The molecule has 0 spiro atoms. The molecular formula is C22H20N2O5. The molecule has 0 aliphatic heterocycles. The quantitative estimate of drug-likeness (QED) is 0.571. The van der Waals surface area contributed by atoms with Gasteiger partial charge in [-0.1, -0.05) is 6.07 Å². The number of nitrogens with one attached hydrogen (secondary N) is 2. The number of hydrogen-bond donors (Lipinski definition) is 3. The minimum absolute atomic E-state index is 0.0658. The number of carbonyl (C=O) groups is 2. The van der Waals surface area contributed by atoms with Crippen LogP contribution < -0.4 is 20.1 Å². The van der Waals surface area contributed by atoms with E-state index in [1.165, 1.54) is 24.3 Å². The summed E-state index contributed by atoms with van der Waals surface area (Å²) in [6.07, 6.45) is 0. The second kappa shape index (κ2) is 9.27. The number of methoxy groups -OCH3 is 1. The molecule has 2 amide bonds. The fourth-order valence-electron chi connectivity index (χ4n) is 2.50. The molecule has 0 saturated carbocycles. The lowest BCUT2D eigenvalue weighted by molar-refractivity contribution is -0.115. The Morgan fingerprint density at radius 3 is 2.28 bits per heavy atom. The molecule has 0 radical (unpaired) electrons. The number of phenols is 1. The summed E-state index contributed by atoms with van der Waals surface area (Å²) in [4.78, 5) is 24.1. The first-order valence-corrected chi connectivity index (χ1v) is 8.82. The fraction of sp³-hybridized carbons (Fsp3) is 0.0909. The van der Waals surface area contributed by atoms with Gasteiger partial charge in [-0.3, -0.25) is 9.59 Å². The minimum Gasteiger partial charge on any atom is -0.508 e. The smallest absolute Gasteiger partial charge is 0.251 e. The van der Waals surface area contributed by atoms with Crippen LogP contribution in [0.3, 0.4) is 0 Å². The zero-order valence-electron chi connectivity index (χ0n) is 15.7. The molecular weight excluding hydrogens is 372 g/mol. The summed E-state index contributed by atoms with van der Waals surface area (Å²) < 4.78 is 10.9. The van der Waals surface area contributed by atoms with E-state index in [0.29, 0.717) is 22.7 Å². The van der Waals surface area contributed by atoms with Crippen molar-refractivity contribution in [3.63, 3.8) is 0 Å². The summed E-state index contributed by atoms with van der Waals surface area (Å²) in [5.41, 5.74) is 0.894. The van der Waals surface area contributed by atoms with E-state index in [-0.39, 0.29) is 18.2 Å². The Kier molecular flexibility index (Phi) is 6.32. The molecule has 3 aromatic carbocycles. The molecule has 7 nitrogen and oxygen atoms in total. The van der Waals surface area contributed by atoms with Crippen LogP contribution >= 0.6 is 0 Å². The molecule has 3 N–H and O–H groups in total. The average molecular weight is 392 g/mol. The van der Waals surface area contributed by atoms with Crippen LogP contribution in [-0.4, -0.2) is 30.6 Å². The van der Waals surface area contributed by atoms with Crippen LogP contribution in [0, 0.1) is 0 Å². The predicted octanol–water partition coefficient (Wildman–Crippen LogP) is 3.56. The third kappa shape index (κ3) is 5.74. The van der Waals surface area contributed by atoms with Crippen molar-refractivity contribution in [1.82, 2.24) is 5.32 Å². The zero-order chi connectivity index (χ0) is 20.6. The van der Waals surface area contributed by atoms with Gasteiger partial charge in [-0.2, -0.15) is 0 Å². The molecule has 0 atom stereocenters. The van der Waals surface area contributed by atoms with Gasteiger partial charge in [0.1, 0.15) is 23.0 Å². The predicted molar refractivity (Wildman–Crippen MR) is 109 cm³/mol. The third-order valence-electron chi connectivity index (χ3n) is 3.95. The largest absolute Gasteiger partial charge is 0.508 e. The van der Waals surface area contributed by atoms with E-state index in [4.69, 9.17) is 9.47 Å². The van der Waals surface area contributed by atoms with Crippen LogP contribution in [0.25, 0.3) is 0 Å². The number of benzene rings is 3. The van der Waals surface area contributed by atoms with E-state index in [0.717, 1.165) is 5.75 Å². The highest BCUT2D eigenvalue weighted by Gasteiger charge is 2.09. The Hall–Kier alpha value is -4.00. The number of aromatic hydroxyl groups is 1. The summed E-state index contributed by atoms with van der Waals surface area (Å²) in [5, 5.41) is 14.5. The van der Waals surface area contributed by atoms with Crippen LogP contribution in [0.15, 0.2) is 72.8 Å². The molecule has 3 rings (SSSR count). The summed E-state index contributed by atoms with van der Waals surface area (Å²) in [7, 11) is 1.59. The second-order valence-electron chi connectivity index (χ2n) is 6.08. The third-order valence-corrected chi connectivity index (χ3v) is 3.95. The first-order chi connectivity index (χ1) is 14.0. The van der Waals surface area contributed by atoms with E-state index in [1.807, 2.05) is 0 Å². The van der Waals surface area contributed by atoms with Crippen molar-refractivity contribution in [2.45, 2.75) is 0 Å². The molecule has 0 heterocycles. The van der Waals surface area contributed by atoms with Gasteiger partial charge in [0.05, 0.1) is 13.7 Å². The number of phenolic OH excluding ortho intramolecular Hbond substituents is 1. The highest BCUT2D eigenvalue weighted by atomic mass is 16.5. The molecule has 0 fully saturated rings. The second-order valence-corrected chi connectivity index (χ2v) is 6.08. The van der Waals surface area contributed by atoms with Gasteiger partial charge in [0.2, 0.25) is 5.91 Å². The Bertz CT molecular complexity index is 985. The number of anilines is 1. The Labute approximate surface area is 167 Å². The molecule has 0 aliphatic carbocycles. The Morgan fingerprint density at radius 1 is 0.897 bits per heavy atom. The molecule has 3 aromatic rings. The van der Waals surface area contributed by atoms with Gasteiger partial charge in [-0.05, 0) is 60.7 Å².